The summed E-state index contributed by atoms with van der Waals surface area (Å²) in [5.41, 5.74) is 7.84. The highest BCUT2D eigenvalue weighted by atomic mass is 16.5. The van der Waals surface area contributed by atoms with Crippen LogP contribution in [0.25, 0.3) is 0 Å². The Morgan fingerprint density at radius 3 is 2.84 bits per heavy atom. The molecular weight excluding hydrogens is 470 g/mol. The van der Waals surface area contributed by atoms with Crippen molar-refractivity contribution in [1.82, 2.24) is 4.90 Å². The van der Waals surface area contributed by atoms with E-state index in [1.165, 1.54) is 5.56 Å². The van der Waals surface area contributed by atoms with Gasteiger partial charge in [0.05, 0.1) is 13.2 Å². The molecule has 0 saturated carbocycles. The molecule has 1 N–H and O–H groups in total. The number of hydrogen-bond donors (Lipinski definition) is 1. The number of morpholine rings is 1. The van der Waals surface area contributed by atoms with Gasteiger partial charge in [-0.2, -0.15) is 0 Å². The normalized spacial score (nSPS) is 19.3. The zero-order chi connectivity index (χ0) is 26.3. The van der Waals surface area contributed by atoms with Gasteiger partial charge in [0.1, 0.15) is 0 Å². The van der Waals surface area contributed by atoms with E-state index in [4.69, 9.17) is 4.74 Å². The molecule has 5 nitrogen and oxygen atoms in total. The second-order valence-electron chi connectivity index (χ2n) is 10.3. The van der Waals surface area contributed by atoms with Crippen LogP contribution in [0.1, 0.15) is 51.9 Å². The van der Waals surface area contributed by atoms with Gasteiger partial charge in [-0.1, -0.05) is 42.2 Å². The molecule has 2 aliphatic heterocycles. The number of rotatable bonds is 4. The maximum atomic E-state index is 13.2. The molecule has 1 aliphatic carbocycles. The number of amides is 1. The number of fused-ring (bicyclic) bond motifs is 2. The number of carbonyl (C=O) groups excluding carboxylic acids is 1. The fraction of sp³-hybridized carbons (Fsp3) is 0.333. The Bertz CT molecular complexity index is 1380. The van der Waals surface area contributed by atoms with Crippen LogP contribution in [-0.2, 0) is 11.3 Å². The van der Waals surface area contributed by atoms with E-state index in [-0.39, 0.29) is 5.91 Å². The number of carbonyl (C=O) groups is 1. The van der Waals surface area contributed by atoms with Crippen molar-refractivity contribution >= 4 is 17.3 Å². The smallest absolute Gasteiger partial charge is 0.255 e. The van der Waals surface area contributed by atoms with Crippen LogP contribution in [-0.4, -0.2) is 42.8 Å². The lowest BCUT2D eigenvalue weighted by Gasteiger charge is -2.26. The van der Waals surface area contributed by atoms with Gasteiger partial charge in [-0.15, -0.1) is 0 Å². The van der Waals surface area contributed by atoms with E-state index in [0.717, 1.165) is 85.8 Å². The number of allylic oxidation sites excluding steroid dienone is 5. The molecule has 2 heterocycles. The lowest BCUT2D eigenvalue weighted by molar-refractivity contribution is 0.0342. The number of aliphatic imine (C=N–C) groups is 1. The fourth-order valence-electron chi connectivity index (χ4n) is 5.10. The fourth-order valence-corrected chi connectivity index (χ4v) is 5.10. The van der Waals surface area contributed by atoms with Crippen molar-refractivity contribution in [2.45, 2.75) is 39.7 Å². The molecule has 5 rings (SSSR count). The SMILES string of the molecule is Cc1cc(CN2CCOCC2)cc(NC(=O)c2ccc(C)c(C#CC3=CN=C4C=CC=CCCC3C4)c2)c1. The summed E-state index contributed by atoms with van der Waals surface area (Å²) in [7, 11) is 0. The minimum absolute atomic E-state index is 0.128. The molecule has 0 aromatic heterocycles. The van der Waals surface area contributed by atoms with Crippen LogP contribution in [0.2, 0.25) is 0 Å². The van der Waals surface area contributed by atoms with Gasteiger partial charge in [0.15, 0.2) is 0 Å². The van der Waals surface area contributed by atoms with E-state index in [1.54, 1.807) is 0 Å². The molecule has 1 unspecified atom stereocenters. The van der Waals surface area contributed by atoms with Crippen LogP contribution >= 0.6 is 0 Å². The number of nitrogens with zero attached hydrogens (tertiary/aromatic N) is 2. The molecule has 0 radical (unpaired) electrons. The highest BCUT2D eigenvalue weighted by Crippen LogP contribution is 2.27. The minimum Gasteiger partial charge on any atom is -0.379 e. The van der Waals surface area contributed by atoms with Gasteiger partial charge < -0.3 is 10.1 Å². The van der Waals surface area contributed by atoms with Crippen molar-refractivity contribution in [2.75, 3.05) is 31.6 Å². The Hall–Kier alpha value is -3.72. The molecule has 2 bridgehead atoms. The molecule has 5 heteroatoms. The second-order valence-corrected chi connectivity index (χ2v) is 10.3. The molecule has 194 valence electrons. The first-order valence-corrected chi connectivity index (χ1v) is 13.5. The van der Waals surface area contributed by atoms with Crippen LogP contribution in [0, 0.1) is 31.6 Å². The van der Waals surface area contributed by atoms with Gasteiger partial charge in [-0.3, -0.25) is 14.7 Å². The summed E-state index contributed by atoms with van der Waals surface area (Å²) in [4.78, 5) is 20.2. The Kier molecular flexibility index (Phi) is 8.33. The van der Waals surface area contributed by atoms with Crippen LogP contribution < -0.4 is 5.32 Å². The van der Waals surface area contributed by atoms with Crippen molar-refractivity contribution in [2.24, 2.45) is 10.9 Å². The van der Waals surface area contributed by atoms with Crippen molar-refractivity contribution in [3.8, 4) is 11.8 Å². The van der Waals surface area contributed by atoms with E-state index < -0.39 is 0 Å². The third-order valence-electron chi connectivity index (χ3n) is 7.23. The summed E-state index contributed by atoms with van der Waals surface area (Å²) >= 11 is 0. The standard InChI is InChI=1S/C33H35N3O2/c1-24-17-26(23-36-13-15-38-16-14-36)19-32(18-24)35-33(37)29-10-9-25(2)27(20-29)11-12-30-22-34-31-8-6-4-3-5-7-28(30)21-31/h3-4,6,8-10,17-20,22,28H,5,7,13-16,21,23H2,1-2H3,(H,35,37). The number of benzene rings is 2. The van der Waals surface area contributed by atoms with E-state index in [0.29, 0.717) is 11.5 Å². The molecule has 3 aliphatic rings. The second kappa shape index (κ2) is 12.2. The van der Waals surface area contributed by atoms with Gasteiger partial charge in [0.2, 0.25) is 0 Å². The first-order chi connectivity index (χ1) is 18.5. The van der Waals surface area contributed by atoms with E-state index >= 15 is 0 Å². The monoisotopic (exact) mass is 505 g/mol. The van der Waals surface area contributed by atoms with Crippen molar-refractivity contribution in [3.05, 3.63) is 100 Å². The maximum absolute atomic E-state index is 13.2. The van der Waals surface area contributed by atoms with E-state index in [2.05, 4.69) is 70.4 Å². The third kappa shape index (κ3) is 6.77. The Labute approximate surface area is 226 Å². The molecule has 1 atom stereocenters. The van der Waals surface area contributed by atoms with Crippen molar-refractivity contribution in [3.63, 3.8) is 0 Å². The van der Waals surface area contributed by atoms with E-state index in [1.807, 2.05) is 37.4 Å². The molecule has 2 aromatic rings. The van der Waals surface area contributed by atoms with Crippen LogP contribution in [0.4, 0.5) is 5.69 Å². The number of anilines is 1. The lowest BCUT2D eigenvalue weighted by Crippen LogP contribution is -2.35. The summed E-state index contributed by atoms with van der Waals surface area (Å²) in [6.07, 6.45) is 13.4. The predicted octanol–water partition coefficient (Wildman–Crippen LogP) is 5.99. The molecular formula is C33H35N3O2. The zero-order valence-corrected chi connectivity index (χ0v) is 22.3. The van der Waals surface area contributed by atoms with Gasteiger partial charge in [-0.05, 0) is 86.1 Å². The highest BCUT2D eigenvalue weighted by molar-refractivity contribution is 6.04. The molecule has 1 amide bonds. The van der Waals surface area contributed by atoms with Crippen LogP contribution in [0.15, 0.2) is 77.5 Å². The van der Waals surface area contributed by atoms with Crippen LogP contribution in [0.3, 0.4) is 0 Å². The van der Waals surface area contributed by atoms with Gasteiger partial charge in [0, 0.05) is 53.9 Å². The van der Waals surface area contributed by atoms with Crippen molar-refractivity contribution < 1.29 is 9.53 Å². The largest absolute Gasteiger partial charge is 0.379 e. The average Bonchev–Trinajstić information content (AvgIpc) is 3.00. The molecule has 1 saturated heterocycles. The summed E-state index contributed by atoms with van der Waals surface area (Å²) in [6.45, 7) is 8.36. The molecule has 0 spiro atoms. The summed E-state index contributed by atoms with van der Waals surface area (Å²) in [5, 5.41) is 3.10. The topological polar surface area (TPSA) is 53.9 Å². The average molecular weight is 506 g/mol. The van der Waals surface area contributed by atoms with Crippen LogP contribution in [0.5, 0.6) is 0 Å². The number of nitrogens with one attached hydrogen (secondary N) is 1. The number of hydrogen-bond acceptors (Lipinski definition) is 4. The maximum Gasteiger partial charge on any atom is 0.255 e. The highest BCUT2D eigenvalue weighted by Gasteiger charge is 2.19. The predicted molar refractivity (Wildman–Crippen MR) is 154 cm³/mol. The summed E-state index contributed by atoms with van der Waals surface area (Å²) in [5.74, 6) is 6.97. The molecule has 38 heavy (non-hydrogen) atoms. The third-order valence-corrected chi connectivity index (χ3v) is 7.23. The Balaban J connectivity index is 1.31. The Morgan fingerprint density at radius 2 is 1.97 bits per heavy atom. The van der Waals surface area contributed by atoms with Gasteiger partial charge in [-0.25, -0.2) is 0 Å². The Morgan fingerprint density at radius 1 is 1.11 bits per heavy atom. The number of ether oxygens (including phenoxy) is 1. The molecule has 2 aromatic carbocycles. The number of aryl methyl sites for hydroxylation is 2. The summed E-state index contributed by atoms with van der Waals surface area (Å²) in [6, 6.07) is 12.0. The zero-order valence-electron chi connectivity index (χ0n) is 22.3. The van der Waals surface area contributed by atoms with Crippen molar-refractivity contribution in [1.29, 1.82) is 0 Å². The quantitative estimate of drug-likeness (QED) is 0.520. The summed E-state index contributed by atoms with van der Waals surface area (Å²) < 4.78 is 5.47. The lowest BCUT2D eigenvalue weighted by atomic mass is 9.88. The van der Waals surface area contributed by atoms with Gasteiger partial charge in [0.25, 0.3) is 5.91 Å². The molecule has 1 fully saturated rings. The van der Waals surface area contributed by atoms with Gasteiger partial charge >= 0.3 is 0 Å². The first-order valence-electron chi connectivity index (χ1n) is 13.5. The first kappa shape index (κ1) is 25.9. The minimum atomic E-state index is -0.128. The van der Waals surface area contributed by atoms with E-state index in [9.17, 15) is 4.79 Å².